The van der Waals surface area contributed by atoms with Crippen molar-refractivity contribution in [3.63, 3.8) is 0 Å². The van der Waals surface area contributed by atoms with Crippen molar-refractivity contribution in [2.24, 2.45) is 10.2 Å². The SMILES string of the molecule is CN1CCC2(CC1c1ccccc1Br)N=N2. The molecular weight excluding hydrogens is 266 g/mol. The van der Waals surface area contributed by atoms with Gasteiger partial charge in [-0.15, -0.1) is 0 Å². The minimum Gasteiger partial charge on any atom is -0.299 e. The number of hydrogen-bond donors (Lipinski definition) is 0. The summed E-state index contributed by atoms with van der Waals surface area (Å²) in [4.78, 5) is 2.40. The first-order valence-corrected chi connectivity index (χ1v) is 6.38. The van der Waals surface area contributed by atoms with E-state index in [1.165, 1.54) is 10.0 Å². The third-order valence-corrected chi connectivity index (χ3v) is 4.29. The summed E-state index contributed by atoms with van der Waals surface area (Å²) in [5, 5.41) is 8.43. The van der Waals surface area contributed by atoms with Gasteiger partial charge in [-0.1, -0.05) is 34.1 Å². The summed E-state index contributed by atoms with van der Waals surface area (Å²) < 4.78 is 1.18. The van der Waals surface area contributed by atoms with Gasteiger partial charge < -0.3 is 0 Å². The molecule has 0 amide bonds. The summed E-state index contributed by atoms with van der Waals surface area (Å²) >= 11 is 3.63. The largest absolute Gasteiger partial charge is 0.299 e. The Morgan fingerprint density at radius 3 is 2.81 bits per heavy atom. The molecule has 0 radical (unpaired) electrons. The molecular formula is C12H14BrN3. The quantitative estimate of drug-likeness (QED) is 0.775. The van der Waals surface area contributed by atoms with Gasteiger partial charge in [0.05, 0.1) is 0 Å². The van der Waals surface area contributed by atoms with E-state index in [1.807, 2.05) is 0 Å². The van der Waals surface area contributed by atoms with Crippen LogP contribution in [0.15, 0.2) is 39.0 Å². The Kier molecular flexibility index (Phi) is 2.37. The van der Waals surface area contributed by atoms with Crippen molar-refractivity contribution in [1.82, 2.24) is 4.90 Å². The van der Waals surface area contributed by atoms with E-state index in [4.69, 9.17) is 0 Å². The van der Waals surface area contributed by atoms with Gasteiger partial charge in [0.2, 0.25) is 0 Å². The summed E-state index contributed by atoms with van der Waals surface area (Å²) in [6.45, 7) is 1.07. The average Bonchev–Trinajstić information content (AvgIpc) is 3.04. The zero-order valence-electron chi connectivity index (χ0n) is 9.23. The number of likely N-dealkylation sites (tertiary alicyclic amines) is 1. The van der Waals surface area contributed by atoms with Crippen molar-refractivity contribution < 1.29 is 0 Å². The Labute approximate surface area is 104 Å². The van der Waals surface area contributed by atoms with Crippen LogP contribution in [0.4, 0.5) is 0 Å². The zero-order chi connectivity index (χ0) is 11.2. The van der Waals surface area contributed by atoms with E-state index >= 15 is 0 Å². The van der Waals surface area contributed by atoms with Crippen LogP contribution in [-0.2, 0) is 0 Å². The molecule has 2 heterocycles. The molecule has 0 N–H and O–H groups in total. The molecule has 0 bridgehead atoms. The molecule has 1 aromatic carbocycles. The molecule has 3 rings (SSSR count). The smallest absolute Gasteiger partial charge is 0.194 e. The number of nitrogens with zero attached hydrogens (tertiary/aromatic N) is 3. The van der Waals surface area contributed by atoms with Gasteiger partial charge in [0.15, 0.2) is 5.66 Å². The van der Waals surface area contributed by atoms with Crippen LogP contribution in [0, 0.1) is 0 Å². The maximum absolute atomic E-state index is 4.22. The number of hydrogen-bond acceptors (Lipinski definition) is 3. The van der Waals surface area contributed by atoms with E-state index in [2.05, 4.69) is 62.4 Å². The van der Waals surface area contributed by atoms with Gasteiger partial charge in [-0.05, 0) is 18.7 Å². The van der Waals surface area contributed by atoms with Crippen LogP contribution in [0.2, 0.25) is 0 Å². The van der Waals surface area contributed by atoms with Crippen molar-refractivity contribution >= 4 is 15.9 Å². The molecule has 84 valence electrons. The highest BCUT2D eigenvalue weighted by atomic mass is 79.9. The summed E-state index contributed by atoms with van der Waals surface area (Å²) in [6, 6.07) is 8.87. The Morgan fingerprint density at radius 1 is 1.38 bits per heavy atom. The van der Waals surface area contributed by atoms with E-state index in [0.717, 1.165) is 19.4 Å². The Bertz CT molecular complexity index is 438. The van der Waals surface area contributed by atoms with Crippen molar-refractivity contribution in [2.75, 3.05) is 13.6 Å². The molecule has 16 heavy (non-hydrogen) atoms. The first kappa shape index (κ1) is 10.4. The Morgan fingerprint density at radius 2 is 2.12 bits per heavy atom. The minimum absolute atomic E-state index is 0.0353. The number of benzene rings is 1. The van der Waals surface area contributed by atoms with Crippen LogP contribution in [-0.4, -0.2) is 24.2 Å². The molecule has 1 spiro atoms. The van der Waals surface area contributed by atoms with Gasteiger partial charge in [0.1, 0.15) is 0 Å². The summed E-state index contributed by atoms with van der Waals surface area (Å²) in [6.07, 6.45) is 2.09. The average molecular weight is 280 g/mol. The van der Waals surface area contributed by atoms with E-state index < -0.39 is 0 Å². The fourth-order valence-electron chi connectivity index (χ4n) is 2.42. The first-order valence-electron chi connectivity index (χ1n) is 5.59. The van der Waals surface area contributed by atoms with Crippen molar-refractivity contribution in [3.05, 3.63) is 34.3 Å². The second-order valence-electron chi connectivity index (χ2n) is 4.65. The molecule has 3 nitrogen and oxygen atoms in total. The maximum Gasteiger partial charge on any atom is 0.194 e. The standard InChI is InChI=1S/C12H14BrN3/c1-16-7-6-12(14-15-12)8-11(16)9-4-2-3-5-10(9)13/h2-5,11H,6-8H2,1H3. The lowest BCUT2D eigenvalue weighted by molar-refractivity contribution is 0.154. The molecule has 1 atom stereocenters. The highest BCUT2D eigenvalue weighted by Crippen LogP contribution is 2.46. The van der Waals surface area contributed by atoms with Crippen molar-refractivity contribution in [1.29, 1.82) is 0 Å². The zero-order valence-corrected chi connectivity index (χ0v) is 10.8. The fourth-order valence-corrected chi connectivity index (χ4v) is 2.97. The van der Waals surface area contributed by atoms with Gasteiger partial charge in [0, 0.05) is 29.9 Å². The molecule has 0 saturated carbocycles. The lowest BCUT2D eigenvalue weighted by Crippen LogP contribution is -2.38. The summed E-state index contributed by atoms with van der Waals surface area (Å²) in [5.41, 5.74) is 1.31. The number of piperidine rings is 1. The van der Waals surface area contributed by atoms with Crippen LogP contribution in [0.3, 0.4) is 0 Å². The van der Waals surface area contributed by atoms with E-state index in [-0.39, 0.29) is 5.66 Å². The van der Waals surface area contributed by atoms with Gasteiger partial charge in [0.25, 0.3) is 0 Å². The molecule has 1 fully saturated rings. The van der Waals surface area contributed by atoms with Gasteiger partial charge in [-0.2, -0.15) is 10.2 Å². The summed E-state index contributed by atoms with van der Waals surface area (Å²) in [7, 11) is 2.18. The number of halogens is 1. The van der Waals surface area contributed by atoms with E-state index in [1.54, 1.807) is 0 Å². The van der Waals surface area contributed by atoms with Crippen molar-refractivity contribution in [2.45, 2.75) is 24.5 Å². The van der Waals surface area contributed by atoms with Crippen molar-refractivity contribution in [3.8, 4) is 0 Å². The highest BCUT2D eigenvalue weighted by Gasteiger charge is 2.46. The molecule has 1 aromatic rings. The third kappa shape index (κ3) is 1.70. The van der Waals surface area contributed by atoms with E-state index in [0.29, 0.717) is 6.04 Å². The lowest BCUT2D eigenvalue weighted by Gasteiger charge is -2.35. The lowest BCUT2D eigenvalue weighted by atomic mass is 9.90. The molecule has 0 aromatic heterocycles. The predicted molar refractivity (Wildman–Crippen MR) is 66.3 cm³/mol. The topological polar surface area (TPSA) is 28.0 Å². The molecule has 2 aliphatic heterocycles. The van der Waals surface area contributed by atoms with Crippen LogP contribution in [0.25, 0.3) is 0 Å². The van der Waals surface area contributed by atoms with Gasteiger partial charge in [-0.3, -0.25) is 4.90 Å². The van der Waals surface area contributed by atoms with Gasteiger partial charge in [-0.25, -0.2) is 0 Å². The maximum atomic E-state index is 4.22. The van der Waals surface area contributed by atoms with Gasteiger partial charge >= 0.3 is 0 Å². The Hall–Kier alpha value is -0.740. The monoisotopic (exact) mass is 279 g/mol. The summed E-state index contributed by atoms with van der Waals surface area (Å²) in [5.74, 6) is 0. The van der Waals surface area contributed by atoms with Crippen LogP contribution in [0.1, 0.15) is 24.4 Å². The third-order valence-electron chi connectivity index (χ3n) is 3.56. The molecule has 1 unspecified atom stereocenters. The van der Waals surface area contributed by atoms with E-state index in [9.17, 15) is 0 Å². The minimum atomic E-state index is -0.0353. The molecule has 2 aliphatic rings. The second kappa shape index (κ2) is 3.64. The number of rotatable bonds is 1. The fraction of sp³-hybridized carbons (Fsp3) is 0.500. The molecule has 0 aliphatic carbocycles. The van der Waals surface area contributed by atoms with Crippen LogP contribution < -0.4 is 0 Å². The molecule has 1 saturated heterocycles. The normalized spacial score (nSPS) is 27.2. The highest BCUT2D eigenvalue weighted by molar-refractivity contribution is 9.10. The molecule has 4 heteroatoms. The Balaban J connectivity index is 1.90. The first-order chi connectivity index (χ1) is 7.70. The predicted octanol–water partition coefficient (Wildman–Crippen LogP) is 3.38. The van der Waals surface area contributed by atoms with Crippen LogP contribution in [0.5, 0.6) is 0 Å². The second-order valence-corrected chi connectivity index (χ2v) is 5.51. The van der Waals surface area contributed by atoms with Crippen LogP contribution >= 0.6 is 15.9 Å².